The predicted octanol–water partition coefficient (Wildman–Crippen LogP) is 1.58. The summed E-state index contributed by atoms with van der Waals surface area (Å²) in [5.41, 5.74) is 2.37. The lowest BCUT2D eigenvalue weighted by molar-refractivity contribution is -0.133. The van der Waals surface area contributed by atoms with E-state index < -0.39 is 0 Å². The number of benzene rings is 1. The number of morpholine rings is 1. The quantitative estimate of drug-likeness (QED) is 0.831. The number of hydrogen-bond donors (Lipinski definition) is 0. The number of amides is 1. The second kappa shape index (κ2) is 6.57. The molecule has 5 heteroatoms. The van der Waals surface area contributed by atoms with E-state index in [1.807, 2.05) is 4.90 Å². The van der Waals surface area contributed by atoms with Gasteiger partial charge >= 0.3 is 0 Å². The van der Waals surface area contributed by atoms with Crippen molar-refractivity contribution in [1.29, 1.82) is 0 Å². The molecule has 1 fully saturated rings. The molecule has 2 aliphatic heterocycles. The highest BCUT2D eigenvalue weighted by Gasteiger charge is 2.27. The molecule has 2 heterocycles. The fraction of sp³-hybridized carbons (Fsp3) is 0.588. The maximum absolute atomic E-state index is 12.6. The fourth-order valence-corrected chi connectivity index (χ4v) is 3.22. The summed E-state index contributed by atoms with van der Waals surface area (Å²) < 4.78 is 5.34. The van der Waals surface area contributed by atoms with Crippen LogP contribution in [0.4, 0.5) is 11.4 Å². The zero-order valence-corrected chi connectivity index (χ0v) is 13.5. The highest BCUT2D eigenvalue weighted by molar-refractivity contribution is 5.84. The minimum atomic E-state index is 0.203. The van der Waals surface area contributed by atoms with Crippen molar-refractivity contribution < 1.29 is 9.53 Å². The zero-order valence-electron chi connectivity index (χ0n) is 13.5. The molecule has 22 heavy (non-hydrogen) atoms. The maximum Gasteiger partial charge on any atom is 0.242 e. The van der Waals surface area contributed by atoms with Crippen LogP contribution in [0.15, 0.2) is 24.3 Å². The Bertz CT molecular complexity index is 528. The van der Waals surface area contributed by atoms with Gasteiger partial charge in [-0.15, -0.1) is 0 Å². The summed E-state index contributed by atoms with van der Waals surface area (Å²) in [5.74, 6) is 0.203. The molecule has 5 nitrogen and oxygen atoms in total. The number of hydrogen-bond acceptors (Lipinski definition) is 4. The van der Waals surface area contributed by atoms with E-state index in [1.165, 1.54) is 5.69 Å². The van der Waals surface area contributed by atoms with E-state index in [1.54, 1.807) is 0 Å². The van der Waals surface area contributed by atoms with Crippen molar-refractivity contribution >= 4 is 17.3 Å². The van der Waals surface area contributed by atoms with Crippen molar-refractivity contribution in [3.63, 3.8) is 0 Å². The predicted molar refractivity (Wildman–Crippen MR) is 88.5 cm³/mol. The molecule has 1 atom stereocenters. The van der Waals surface area contributed by atoms with E-state index in [0.717, 1.165) is 18.7 Å². The molecule has 0 spiro atoms. The van der Waals surface area contributed by atoms with Gasteiger partial charge < -0.3 is 19.4 Å². The monoisotopic (exact) mass is 303 g/mol. The number of para-hydroxylation sites is 2. The van der Waals surface area contributed by atoms with Crippen molar-refractivity contribution in [2.45, 2.75) is 19.4 Å². The van der Waals surface area contributed by atoms with Gasteiger partial charge in [-0.3, -0.25) is 4.79 Å². The number of carbonyl (C=O) groups excluding carboxylic acids is 1. The molecule has 1 aromatic rings. The molecule has 1 amide bonds. The standard InChI is InChI=1S/C17H25N3O2/c1-14-7-8-18(2)15-5-3-4-6-16(15)20(14)13-17(21)19-9-11-22-12-10-19/h3-6,14H,7-13H2,1-2H3. The number of fused-ring (bicyclic) bond motifs is 1. The maximum atomic E-state index is 12.6. The van der Waals surface area contributed by atoms with Gasteiger partial charge in [0.15, 0.2) is 0 Å². The van der Waals surface area contributed by atoms with Gasteiger partial charge in [-0.05, 0) is 25.5 Å². The van der Waals surface area contributed by atoms with Crippen molar-refractivity contribution in [2.24, 2.45) is 0 Å². The number of nitrogens with zero attached hydrogens (tertiary/aromatic N) is 3. The van der Waals surface area contributed by atoms with Crippen LogP contribution in [0.1, 0.15) is 13.3 Å². The largest absolute Gasteiger partial charge is 0.378 e. The summed E-state index contributed by atoms with van der Waals surface area (Å²) in [6.07, 6.45) is 1.06. The first-order valence-corrected chi connectivity index (χ1v) is 8.09. The van der Waals surface area contributed by atoms with E-state index in [9.17, 15) is 4.79 Å². The third kappa shape index (κ3) is 3.04. The molecule has 0 N–H and O–H groups in total. The summed E-state index contributed by atoms with van der Waals surface area (Å²) in [6.45, 7) is 6.40. The Morgan fingerprint density at radius 3 is 2.59 bits per heavy atom. The number of rotatable bonds is 2. The summed E-state index contributed by atoms with van der Waals surface area (Å²) in [7, 11) is 2.12. The van der Waals surface area contributed by atoms with E-state index in [0.29, 0.717) is 38.9 Å². The van der Waals surface area contributed by atoms with E-state index in [2.05, 4.69) is 48.0 Å². The average molecular weight is 303 g/mol. The van der Waals surface area contributed by atoms with E-state index in [-0.39, 0.29) is 5.91 Å². The van der Waals surface area contributed by atoms with Crippen LogP contribution in [-0.4, -0.2) is 63.3 Å². The van der Waals surface area contributed by atoms with Crippen molar-refractivity contribution in [2.75, 3.05) is 56.2 Å². The van der Waals surface area contributed by atoms with Crippen LogP contribution in [0.3, 0.4) is 0 Å². The minimum Gasteiger partial charge on any atom is -0.378 e. The number of anilines is 2. The van der Waals surface area contributed by atoms with Gasteiger partial charge in [0, 0.05) is 32.7 Å². The van der Waals surface area contributed by atoms with Crippen molar-refractivity contribution in [1.82, 2.24) is 4.90 Å². The molecule has 2 aliphatic rings. The third-order valence-electron chi connectivity index (χ3n) is 4.69. The van der Waals surface area contributed by atoms with Gasteiger partial charge in [0.25, 0.3) is 0 Å². The van der Waals surface area contributed by atoms with Crippen molar-refractivity contribution in [3.05, 3.63) is 24.3 Å². The lowest BCUT2D eigenvalue weighted by atomic mass is 10.1. The molecule has 0 saturated carbocycles. The Morgan fingerprint density at radius 1 is 1.18 bits per heavy atom. The molecule has 0 radical (unpaired) electrons. The number of carbonyl (C=O) groups is 1. The molecular weight excluding hydrogens is 278 g/mol. The van der Waals surface area contributed by atoms with Crippen LogP contribution in [0.25, 0.3) is 0 Å². The Labute approximate surface area is 132 Å². The SMILES string of the molecule is CC1CCN(C)c2ccccc2N1CC(=O)N1CCOCC1. The minimum absolute atomic E-state index is 0.203. The second-order valence-corrected chi connectivity index (χ2v) is 6.17. The first-order valence-electron chi connectivity index (χ1n) is 8.09. The molecule has 0 bridgehead atoms. The fourth-order valence-electron chi connectivity index (χ4n) is 3.22. The first kappa shape index (κ1) is 15.2. The summed E-state index contributed by atoms with van der Waals surface area (Å²) >= 11 is 0. The Balaban J connectivity index is 1.81. The molecule has 0 aliphatic carbocycles. The Morgan fingerprint density at radius 2 is 1.86 bits per heavy atom. The topological polar surface area (TPSA) is 36.0 Å². The highest BCUT2D eigenvalue weighted by Crippen LogP contribution is 2.33. The van der Waals surface area contributed by atoms with Gasteiger partial charge in [-0.25, -0.2) is 0 Å². The summed E-state index contributed by atoms with van der Waals surface area (Å²) in [4.78, 5) is 19.1. The van der Waals surface area contributed by atoms with Crippen LogP contribution in [0.5, 0.6) is 0 Å². The lowest BCUT2D eigenvalue weighted by Gasteiger charge is -2.33. The van der Waals surface area contributed by atoms with E-state index in [4.69, 9.17) is 4.74 Å². The Kier molecular flexibility index (Phi) is 4.52. The van der Waals surface area contributed by atoms with Crippen LogP contribution >= 0.6 is 0 Å². The molecule has 1 saturated heterocycles. The van der Waals surface area contributed by atoms with E-state index >= 15 is 0 Å². The first-order chi connectivity index (χ1) is 10.7. The molecule has 1 unspecified atom stereocenters. The molecule has 0 aromatic heterocycles. The van der Waals surface area contributed by atoms with Crippen LogP contribution < -0.4 is 9.80 Å². The second-order valence-electron chi connectivity index (χ2n) is 6.17. The van der Waals surface area contributed by atoms with Gasteiger partial charge in [0.1, 0.15) is 0 Å². The highest BCUT2D eigenvalue weighted by atomic mass is 16.5. The lowest BCUT2D eigenvalue weighted by Crippen LogP contribution is -2.47. The van der Waals surface area contributed by atoms with Gasteiger partial charge in [0.2, 0.25) is 5.91 Å². The van der Waals surface area contributed by atoms with Crippen LogP contribution in [0, 0.1) is 0 Å². The zero-order chi connectivity index (χ0) is 15.5. The van der Waals surface area contributed by atoms with Gasteiger partial charge in [-0.2, -0.15) is 0 Å². The molecule has 1 aromatic carbocycles. The van der Waals surface area contributed by atoms with Crippen LogP contribution in [-0.2, 0) is 9.53 Å². The smallest absolute Gasteiger partial charge is 0.242 e. The van der Waals surface area contributed by atoms with Crippen LogP contribution in [0.2, 0.25) is 0 Å². The normalized spacial score (nSPS) is 22.3. The Hall–Kier alpha value is -1.75. The molecule has 3 rings (SSSR count). The molecule has 120 valence electrons. The average Bonchev–Trinajstić information content (AvgIpc) is 2.68. The van der Waals surface area contributed by atoms with Gasteiger partial charge in [0.05, 0.1) is 31.1 Å². The summed E-state index contributed by atoms with van der Waals surface area (Å²) in [6, 6.07) is 8.74. The van der Waals surface area contributed by atoms with Crippen molar-refractivity contribution in [3.8, 4) is 0 Å². The number of ether oxygens (including phenoxy) is 1. The molecular formula is C17H25N3O2. The van der Waals surface area contributed by atoms with Gasteiger partial charge in [-0.1, -0.05) is 12.1 Å². The summed E-state index contributed by atoms with van der Waals surface area (Å²) in [5, 5.41) is 0. The third-order valence-corrected chi connectivity index (χ3v) is 4.69.